The van der Waals surface area contributed by atoms with Crippen LogP contribution >= 0.6 is 0 Å². The van der Waals surface area contributed by atoms with Crippen molar-refractivity contribution in [3.8, 4) is 0 Å². The molecule has 110 valence electrons. The van der Waals surface area contributed by atoms with Crippen molar-refractivity contribution in [3.63, 3.8) is 0 Å². The van der Waals surface area contributed by atoms with Crippen LogP contribution in [0.15, 0.2) is 48.5 Å². The molecule has 0 saturated heterocycles. The molecule has 0 bridgehead atoms. The van der Waals surface area contributed by atoms with E-state index in [2.05, 4.69) is 26.0 Å². The van der Waals surface area contributed by atoms with Crippen LogP contribution in [0.4, 0.5) is 5.69 Å². The van der Waals surface area contributed by atoms with Gasteiger partial charge in [-0.3, -0.25) is 4.79 Å². The van der Waals surface area contributed by atoms with E-state index in [0.717, 1.165) is 11.1 Å². The molecule has 0 amide bonds. The summed E-state index contributed by atoms with van der Waals surface area (Å²) in [6, 6.07) is 15.4. The molecular weight excluding hydrogens is 262 g/mol. The maximum Gasteiger partial charge on any atom is 0.310 e. The molecular formula is C18H21NO2. The predicted octanol–water partition coefficient (Wildman–Crippen LogP) is 3.68. The SMILES string of the molecule is CC(C)c1ccc(COC(=O)Cc2cccc(N)c2)cc1. The highest BCUT2D eigenvalue weighted by molar-refractivity contribution is 5.73. The second-order valence-electron chi connectivity index (χ2n) is 5.48. The second kappa shape index (κ2) is 6.93. The van der Waals surface area contributed by atoms with Crippen molar-refractivity contribution in [1.82, 2.24) is 0 Å². The summed E-state index contributed by atoms with van der Waals surface area (Å²) in [5.41, 5.74) is 9.50. The Morgan fingerprint density at radius 3 is 2.43 bits per heavy atom. The third-order valence-electron chi connectivity index (χ3n) is 3.35. The Kier molecular flexibility index (Phi) is 4.99. The zero-order valence-corrected chi connectivity index (χ0v) is 12.5. The van der Waals surface area contributed by atoms with Gasteiger partial charge in [-0.15, -0.1) is 0 Å². The molecule has 2 N–H and O–H groups in total. The molecule has 0 spiro atoms. The summed E-state index contributed by atoms with van der Waals surface area (Å²) < 4.78 is 5.29. The molecule has 2 rings (SSSR count). The lowest BCUT2D eigenvalue weighted by atomic mass is 10.0. The lowest BCUT2D eigenvalue weighted by molar-refractivity contribution is -0.144. The topological polar surface area (TPSA) is 52.3 Å². The van der Waals surface area contributed by atoms with Gasteiger partial charge in [-0.25, -0.2) is 0 Å². The lowest BCUT2D eigenvalue weighted by Gasteiger charge is -2.08. The Morgan fingerprint density at radius 2 is 1.81 bits per heavy atom. The molecule has 0 aliphatic rings. The lowest BCUT2D eigenvalue weighted by Crippen LogP contribution is -2.08. The van der Waals surface area contributed by atoms with Gasteiger partial charge in [-0.05, 0) is 34.7 Å². The minimum atomic E-state index is -0.242. The highest BCUT2D eigenvalue weighted by atomic mass is 16.5. The Balaban J connectivity index is 1.86. The molecule has 2 aromatic rings. The van der Waals surface area contributed by atoms with Gasteiger partial charge in [0.05, 0.1) is 6.42 Å². The van der Waals surface area contributed by atoms with E-state index in [0.29, 0.717) is 18.2 Å². The summed E-state index contributed by atoms with van der Waals surface area (Å²) in [6.07, 6.45) is 0.245. The van der Waals surface area contributed by atoms with Crippen LogP contribution in [-0.4, -0.2) is 5.97 Å². The van der Waals surface area contributed by atoms with Crippen LogP contribution in [0.25, 0.3) is 0 Å². The number of rotatable bonds is 5. The van der Waals surface area contributed by atoms with Crippen molar-refractivity contribution in [2.24, 2.45) is 0 Å². The monoisotopic (exact) mass is 283 g/mol. The number of carbonyl (C=O) groups is 1. The van der Waals surface area contributed by atoms with Gasteiger partial charge in [-0.2, -0.15) is 0 Å². The van der Waals surface area contributed by atoms with Crippen LogP contribution in [0.1, 0.15) is 36.5 Å². The fourth-order valence-electron chi connectivity index (χ4n) is 2.08. The Hall–Kier alpha value is -2.29. The van der Waals surface area contributed by atoms with E-state index < -0.39 is 0 Å². The first-order valence-electron chi connectivity index (χ1n) is 7.13. The van der Waals surface area contributed by atoms with E-state index in [1.165, 1.54) is 5.56 Å². The normalized spacial score (nSPS) is 10.6. The summed E-state index contributed by atoms with van der Waals surface area (Å²) in [7, 11) is 0. The van der Waals surface area contributed by atoms with Crippen molar-refractivity contribution >= 4 is 11.7 Å². The minimum Gasteiger partial charge on any atom is -0.461 e. The van der Waals surface area contributed by atoms with E-state index in [1.54, 1.807) is 12.1 Å². The van der Waals surface area contributed by atoms with Gasteiger partial charge in [0, 0.05) is 5.69 Å². The first-order valence-corrected chi connectivity index (χ1v) is 7.13. The van der Waals surface area contributed by atoms with Crippen molar-refractivity contribution in [1.29, 1.82) is 0 Å². The second-order valence-corrected chi connectivity index (χ2v) is 5.48. The predicted molar refractivity (Wildman–Crippen MR) is 84.9 cm³/mol. The van der Waals surface area contributed by atoms with E-state index in [9.17, 15) is 4.79 Å². The number of hydrogen-bond acceptors (Lipinski definition) is 3. The molecule has 0 aliphatic heterocycles. The van der Waals surface area contributed by atoms with Crippen molar-refractivity contribution < 1.29 is 9.53 Å². The summed E-state index contributed by atoms with van der Waals surface area (Å²) in [5.74, 6) is 0.263. The molecule has 3 nitrogen and oxygen atoms in total. The maximum atomic E-state index is 11.8. The Bertz CT molecular complexity index is 603. The number of esters is 1. The fraction of sp³-hybridized carbons (Fsp3) is 0.278. The Morgan fingerprint density at radius 1 is 1.10 bits per heavy atom. The first-order chi connectivity index (χ1) is 10.0. The van der Waals surface area contributed by atoms with E-state index in [-0.39, 0.29) is 12.4 Å². The highest BCUT2D eigenvalue weighted by Gasteiger charge is 2.06. The van der Waals surface area contributed by atoms with Crippen LogP contribution in [0.3, 0.4) is 0 Å². The summed E-state index contributed by atoms with van der Waals surface area (Å²) in [6.45, 7) is 4.61. The largest absolute Gasteiger partial charge is 0.461 e. The molecule has 2 aromatic carbocycles. The van der Waals surface area contributed by atoms with Gasteiger partial charge in [-0.1, -0.05) is 50.2 Å². The number of ether oxygens (including phenoxy) is 1. The van der Waals surface area contributed by atoms with Crippen LogP contribution in [0, 0.1) is 0 Å². The molecule has 0 unspecified atom stereocenters. The maximum absolute atomic E-state index is 11.8. The third-order valence-corrected chi connectivity index (χ3v) is 3.35. The van der Waals surface area contributed by atoms with Crippen LogP contribution < -0.4 is 5.73 Å². The first kappa shape index (κ1) is 15.1. The molecule has 21 heavy (non-hydrogen) atoms. The van der Waals surface area contributed by atoms with E-state index in [1.807, 2.05) is 24.3 Å². The minimum absolute atomic E-state index is 0.242. The van der Waals surface area contributed by atoms with Crippen LogP contribution in [0.2, 0.25) is 0 Å². The highest BCUT2D eigenvalue weighted by Crippen LogP contribution is 2.15. The average molecular weight is 283 g/mol. The third kappa shape index (κ3) is 4.63. The van der Waals surface area contributed by atoms with Crippen molar-refractivity contribution in [2.75, 3.05) is 5.73 Å². The summed E-state index contributed by atoms with van der Waals surface area (Å²) in [4.78, 5) is 11.8. The van der Waals surface area contributed by atoms with E-state index >= 15 is 0 Å². The molecule has 0 radical (unpaired) electrons. The molecule has 0 heterocycles. The van der Waals surface area contributed by atoms with Crippen LogP contribution in [0.5, 0.6) is 0 Å². The molecule has 0 atom stereocenters. The Labute approximate surface area is 125 Å². The smallest absolute Gasteiger partial charge is 0.310 e. The molecule has 0 saturated carbocycles. The number of benzene rings is 2. The van der Waals surface area contributed by atoms with Crippen LogP contribution in [-0.2, 0) is 22.6 Å². The van der Waals surface area contributed by atoms with E-state index in [4.69, 9.17) is 10.5 Å². The zero-order valence-electron chi connectivity index (χ0n) is 12.5. The fourth-order valence-corrected chi connectivity index (χ4v) is 2.08. The van der Waals surface area contributed by atoms with Gasteiger partial charge in [0.2, 0.25) is 0 Å². The standard InChI is InChI=1S/C18H21NO2/c1-13(2)16-8-6-14(7-9-16)12-21-18(20)11-15-4-3-5-17(19)10-15/h3-10,13H,11-12,19H2,1-2H3. The number of anilines is 1. The molecule has 0 fully saturated rings. The quantitative estimate of drug-likeness (QED) is 0.672. The molecule has 0 aliphatic carbocycles. The summed E-state index contributed by atoms with van der Waals surface area (Å²) >= 11 is 0. The van der Waals surface area contributed by atoms with Crippen molar-refractivity contribution in [3.05, 3.63) is 65.2 Å². The van der Waals surface area contributed by atoms with Gasteiger partial charge < -0.3 is 10.5 Å². The number of nitrogen functional groups attached to an aromatic ring is 1. The zero-order chi connectivity index (χ0) is 15.2. The summed E-state index contributed by atoms with van der Waals surface area (Å²) in [5, 5.41) is 0. The average Bonchev–Trinajstić information content (AvgIpc) is 2.45. The van der Waals surface area contributed by atoms with Gasteiger partial charge in [0.15, 0.2) is 0 Å². The molecule has 3 heteroatoms. The van der Waals surface area contributed by atoms with Gasteiger partial charge in [0.1, 0.15) is 6.61 Å². The van der Waals surface area contributed by atoms with Gasteiger partial charge in [0.25, 0.3) is 0 Å². The number of carbonyl (C=O) groups excluding carboxylic acids is 1. The molecule has 0 aromatic heterocycles. The van der Waals surface area contributed by atoms with Gasteiger partial charge >= 0.3 is 5.97 Å². The van der Waals surface area contributed by atoms with Crippen molar-refractivity contribution in [2.45, 2.75) is 32.8 Å². The number of nitrogens with two attached hydrogens (primary N) is 1. The number of hydrogen-bond donors (Lipinski definition) is 1.